The third kappa shape index (κ3) is 3.55. The minimum Gasteiger partial charge on any atom is -0.488 e. The Kier molecular flexibility index (Phi) is 5.08. The minimum absolute atomic E-state index is 0.0463. The second-order valence-electron chi connectivity index (χ2n) is 6.87. The Morgan fingerprint density at radius 2 is 2.12 bits per heavy atom. The second kappa shape index (κ2) is 7.09. The maximum atomic E-state index is 11.7. The summed E-state index contributed by atoms with van der Waals surface area (Å²) in [5, 5.41) is 10.8. The molecule has 1 aromatic carbocycles. The number of hydrogen-bond acceptors (Lipinski definition) is 5. The molecule has 4 atom stereocenters. The molecule has 1 aliphatic carbocycles. The van der Waals surface area contributed by atoms with Gasteiger partial charge in [-0.1, -0.05) is 18.2 Å². The van der Waals surface area contributed by atoms with E-state index in [4.69, 9.17) is 15.2 Å². The second-order valence-corrected chi connectivity index (χ2v) is 6.87. The SMILES string of the molecule is C[C@]1(C(N)=O)CN([C@H]2CCC[C@@H](Oc3ccccc3)[C@@H]2O)CCO1. The van der Waals surface area contributed by atoms with Crippen molar-refractivity contribution in [1.29, 1.82) is 0 Å². The smallest absolute Gasteiger partial charge is 0.250 e. The molecule has 0 radical (unpaired) electrons. The van der Waals surface area contributed by atoms with Crippen LogP contribution < -0.4 is 10.5 Å². The van der Waals surface area contributed by atoms with Crippen LogP contribution in [-0.2, 0) is 9.53 Å². The standard InChI is InChI=1S/C18H26N2O4/c1-18(17(19)22)12-20(10-11-23-18)14-8-5-9-15(16(14)21)24-13-6-3-2-4-7-13/h2-4,6-7,14-16,21H,5,8-12H2,1H3,(H2,19,22)/t14-,15+,16+,18+/m0/s1. The number of primary amides is 1. The number of rotatable bonds is 4. The number of para-hydroxylation sites is 1. The average molecular weight is 334 g/mol. The van der Waals surface area contributed by atoms with E-state index in [-0.39, 0.29) is 12.1 Å². The summed E-state index contributed by atoms with van der Waals surface area (Å²) >= 11 is 0. The van der Waals surface area contributed by atoms with Gasteiger partial charge in [-0.3, -0.25) is 9.69 Å². The number of carbonyl (C=O) groups excluding carboxylic acids is 1. The quantitative estimate of drug-likeness (QED) is 0.855. The van der Waals surface area contributed by atoms with Crippen molar-refractivity contribution in [3.05, 3.63) is 30.3 Å². The van der Waals surface area contributed by atoms with Gasteiger partial charge in [-0.2, -0.15) is 0 Å². The summed E-state index contributed by atoms with van der Waals surface area (Å²) in [6.07, 6.45) is 1.83. The van der Waals surface area contributed by atoms with E-state index < -0.39 is 17.6 Å². The van der Waals surface area contributed by atoms with Gasteiger partial charge in [0.15, 0.2) is 5.60 Å². The molecular weight excluding hydrogens is 308 g/mol. The fourth-order valence-electron chi connectivity index (χ4n) is 3.65. The molecule has 1 amide bonds. The first-order chi connectivity index (χ1) is 11.5. The first-order valence-corrected chi connectivity index (χ1v) is 8.57. The molecule has 1 saturated carbocycles. The van der Waals surface area contributed by atoms with E-state index in [2.05, 4.69) is 4.90 Å². The van der Waals surface area contributed by atoms with Gasteiger partial charge in [0.25, 0.3) is 5.91 Å². The Hall–Kier alpha value is -1.63. The largest absolute Gasteiger partial charge is 0.488 e. The number of aliphatic hydroxyl groups is 1. The van der Waals surface area contributed by atoms with Crippen molar-refractivity contribution in [2.75, 3.05) is 19.7 Å². The van der Waals surface area contributed by atoms with E-state index in [1.165, 1.54) is 0 Å². The van der Waals surface area contributed by atoms with Crippen molar-refractivity contribution in [2.24, 2.45) is 5.73 Å². The Morgan fingerprint density at radius 1 is 1.38 bits per heavy atom. The van der Waals surface area contributed by atoms with Crippen molar-refractivity contribution in [2.45, 2.75) is 50.0 Å². The lowest BCUT2D eigenvalue weighted by Crippen LogP contribution is -2.63. The highest BCUT2D eigenvalue weighted by Gasteiger charge is 2.44. The molecule has 1 aromatic rings. The van der Waals surface area contributed by atoms with Crippen LogP contribution in [0.3, 0.4) is 0 Å². The fourth-order valence-corrected chi connectivity index (χ4v) is 3.65. The van der Waals surface area contributed by atoms with Gasteiger partial charge < -0.3 is 20.3 Å². The van der Waals surface area contributed by atoms with Gasteiger partial charge in [-0.15, -0.1) is 0 Å². The molecule has 6 heteroatoms. The van der Waals surface area contributed by atoms with E-state index in [9.17, 15) is 9.90 Å². The van der Waals surface area contributed by atoms with Gasteiger partial charge in [0.2, 0.25) is 0 Å². The molecule has 0 spiro atoms. The highest BCUT2D eigenvalue weighted by atomic mass is 16.5. The molecule has 24 heavy (non-hydrogen) atoms. The van der Waals surface area contributed by atoms with E-state index >= 15 is 0 Å². The number of benzene rings is 1. The lowest BCUT2D eigenvalue weighted by Gasteiger charge is -2.46. The third-order valence-electron chi connectivity index (χ3n) is 5.09. The van der Waals surface area contributed by atoms with E-state index in [1.54, 1.807) is 6.92 Å². The molecule has 2 aliphatic rings. The summed E-state index contributed by atoms with van der Waals surface area (Å²) in [5.74, 6) is 0.306. The van der Waals surface area contributed by atoms with Gasteiger partial charge in [0.05, 0.1) is 6.61 Å². The lowest BCUT2D eigenvalue weighted by molar-refractivity contribution is -0.162. The van der Waals surface area contributed by atoms with Crippen molar-refractivity contribution in [3.63, 3.8) is 0 Å². The van der Waals surface area contributed by atoms with Crippen LogP contribution in [0.2, 0.25) is 0 Å². The Bertz CT molecular complexity index is 567. The van der Waals surface area contributed by atoms with Gasteiger partial charge in [-0.25, -0.2) is 0 Å². The number of amides is 1. The average Bonchev–Trinajstić information content (AvgIpc) is 2.58. The van der Waals surface area contributed by atoms with E-state index in [0.717, 1.165) is 25.0 Å². The summed E-state index contributed by atoms with van der Waals surface area (Å²) in [6, 6.07) is 9.52. The van der Waals surface area contributed by atoms with Crippen LogP contribution in [0.25, 0.3) is 0 Å². The monoisotopic (exact) mass is 334 g/mol. The lowest BCUT2D eigenvalue weighted by atomic mass is 9.87. The Morgan fingerprint density at radius 3 is 2.83 bits per heavy atom. The van der Waals surface area contributed by atoms with Gasteiger partial charge in [-0.05, 0) is 38.3 Å². The maximum absolute atomic E-state index is 11.7. The van der Waals surface area contributed by atoms with Crippen molar-refractivity contribution in [3.8, 4) is 5.75 Å². The summed E-state index contributed by atoms with van der Waals surface area (Å²) < 4.78 is 11.6. The number of carbonyl (C=O) groups is 1. The number of nitrogens with two attached hydrogens (primary N) is 1. The predicted molar refractivity (Wildman–Crippen MR) is 89.6 cm³/mol. The molecular formula is C18H26N2O4. The Labute approximate surface area is 142 Å². The van der Waals surface area contributed by atoms with Crippen LogP contribution >= 0.6 is 0 Å². The molecule has 1 saturated heterocycles. The van der Waals surface area contributed by atoms with Crippen LogP contribution in [0.15, 0.2) is 30.3 Å². The van der Waals surface area contributed by atoms with Gasteiger partial charge >= 0.3 is 0 Å². The summed E-state index contributed by atoms with van der Waals surface area (Å²) in [4.78, 5) is 13.8. The number of morpholine rings is 1. The van der Waals surface area contributed by atoms with Crippen LogP contribution in [0.1, 0.15) is 26.2 Å². The zero-order valence-corrected chi connectivity index (χ0v) is 14.1. The highest BCUT2D eigenvalue weighted by molar-refractivity contribution is 5.83. The molecule has 0 unspecified atom stereocenters. The van der Waals surface area contributed by atoms with Crippen molar-refractivity contribution < 1.29 is 19.4 Å². The number of ether oxygens (including phenoxy) is 2. The fraction of sp³-hybridized carbons (Fsp3) is 0.611. The molecule has 6 nitrogen and oxygen atoms in total. The van der Waals surface area contributed by atoms with Crippen LogP contribution in [0.4, 0.5) is 0 Å². The Balaban J connectivity index is 1.68. The molecule has 3 rings (SSSR count). The van der Waals surface area contributed by atoms with Crippen molar-refractivity contribution >= 4 is 5.91 Å². The predicted octanol–water partition coefficient (Wildman–Crippen LogP) is 0.924. The first kappa shape index (κ1) is 17.2. The zero-order chi connectivity index (χ0) is 17.2. The third-order valence-corrected chi connectivity index (χ3v) is 5.09. The number of hydrogen-bond donors (Lipinski definition) is 2. The van der Waals surface area contributed by atoms with Gasteiger partial charge in [0.1, 0.15) is 18.0 Å². The molecule has 1 aliphatic heterocycles. The summed E-state index contributed by atoms with van der Waals surface area (Å²) in [7, 11) is 0. The van der Waals surface area contributed by atoms with Crippen molar-refractivity contribution in [1.82, 2.24) is 4.90 Å². The van der Waals surface area contributed by atoms with Crippen LogP contribution in [0, 0.1) is 0 Å². The molecule has 0 bridgehead atoms. The molecule has 2 fully saturated rings. The van der Waals surface area contributed by atoms with E-state index in [1.807, 2.05) is 30.3 Å². The zero-order valence-electron chi connectivity index (χ0n) is 14.1. The van der Waals surface area contributed by atoms with Crippen LogP contribution in [-0.4, -0.2) is 59.5 Å². The minimum atomic E-state index is -0.995. The van der Waals surface area contributed by atoms with Crippen LogP contribution in [0.5, 0.6) is 5.75 Å². The highest BCUT2D eigenvalue weighted by Crippen LogP contribution is 2.30. The normalized spacial score (nSPS) is 34.7. The maximum Gasteiger partial charge on any atom is 0.250 e. The molecule has 3 N–H and O–H groups in total. The summed E-state index contributed by atoms with van der Waals surface area (Å²) in [5.41, 5.74) is 4.48. The molecule has 1 heterocycles. The first-order valence-electron chi connectivity index (χ1n) is 8.57. The van der Waals surface area contributed by atoms with E-state index in [0.29, 0.717) is 19.7 Å². The topological polar surface area (TPSA) is 85.0 Å². The number of nitrogens with zero attached hydrogens (tertiary/aromatic N) is 1. The van der Waals surface area contributed by atoms with Gasteiger partial charge in [0, 0.05) is 19.1 Å². The summed E-state index contributed by atoms with van der Waals surface area (Å²) in [6.45, 7) is 3.24. The number of aliphatic hydroxyl groups excluding tert-OH is 1. The molecule has 132 valence electrons. The molecule has 0 aromatic heterocycles.